The Hall–Kier alpha value is -0.510. The molecule has 0 N–H and O–H groups in total. The Morgan fingerprint density at radius 2 is 1.47 bits per heavy atom. The minimum Gasteiger partial charge on any atom is -0.391 e. The average molecular weight is 262 g/mol. The maximum absolute atomic E-state index is 10.6. The van der Waals surface area contributed by atoms with E-state index in [1.54, 1.807) is 6.08 Å². The van der Waals surface area contributed by atoms with Crippen molar-refractivity contribution in [3.63, 3.8) is 0 Å². The Kier molecular flexibility index (Phi) is 10.3. The quantitative estimate of drug-likeness (QED) is 0.321. The van der Waals surface area contributed by atoms with E-state index in [0.717, 1.165) is 19.1 Å². The Balaban J connectivity index is 3.18. The molecule has 3 nitrogen and oxygen atoms in total. The normalized spacial score (nSPS) is 12.1. The number of hydrogen-bond donors (Lipinski definition) is 0. The zero-order chi connectivity index (χ0) is 13.0. The van der Waals surface area contributed by atoms with Crippen molar-refractivity contribution >= 4 is 10.1 Å². The maximum Gasteiger partial charge on any atom is 0.305 e. The molecule has 0 spiro atoms. The first-order valence-corrected chi connectivity index (χ1v) is 8.41. The second-order valence-corrected chi connectivity index (χ2v) is 6.04. The van der Waals surface area contributed by atoms with Gasteiger partial charge in [-0.3, -0.25) is 0 Å². The Bertz CT molecular complexity index is 281. The van der Waals surface area contributed by atoms with Gasteiger partial charge in [0, 0.05) is 0 Å². The minimum absolute atomic E-state index is 0.893. The van der Waals surface area contributed by atoms with Crippen molar-refractivity contribution in [1.29, 1.82) is 0 Å². The van der Waals surface area contributed by atoms with E-state index in [2.05, 4.69) is 11.1 Å². The van der Waals surface area contributed by atoms with Crippen molar-refractivity contribution in [1.82, 2.24) is 0 Å². The van der Waals surface area contributed by atoms with Crippen LogP contribution in [0, 0.1) is 0 Å². The number of unbranched alkanes of at least 4 members (excludes halogenated alkanes) is 8. The number of hydrogen-bond acceptors (Lipinski definition) is 3. The molecule has 0 saturated heterocycles. The first-order chi connectivity index (χ1) is 8.06. The van der Waals surface area contributed by atoms with Gasteiger partial charge in [-0.1, -0.05) is 51.9 Å². The van der Waals surface area contributed by atoms with Crippen LogP contribution in [0.25, 0.3) is 0 Å². The first kappa shape index (κ1) is 16.5. The molecule has 0 atom stereocenters. The minimum atomic E-state index is -3.32. The summed E-state index contributed by atoms with van der Waals surface area (Å²) >= 11 is 0. The van der Waals surface area contributed by atoms with Crippen LogP contribution < -0.4 is 0 Å². The molecule has 0 fully saturated rings. The van der Waals surface area contributed by atoms with Gasteiger partial charge < -0.3 is 4.18 Å². The topological polar surface area (TPSA) is 43.4 Å². The number of allylic oxidation sites excluding steroid dienone is 1. The molecule has 0 saturated carbocycles. The fourth-order valence-electron chi connectivity index (χ4n) is 1.60. The highest BCUT2D eigenvalue weighted by Crippen LogP contribution is 2.09. The Labute approximate surface area is 106 Å². The summed E-state index contributed by atoms with van der Waals surface area (Å²) in [4.78, 5) is 0. The highest BCUT2D eigenvalue weighted by atomic mass is 32.2. The lowest BCUT2D eigenvalue weighted by molar-refractivity contribution is 0.447. The van der Waals surface area contributed by atoms with E-state index < -0.39 is 10.1 Å². The summed E-state index contributed by atoms with van der Waals surface area (Å²) in [7, 11) is -3.32. The fourth-order valence-corrected chi connectivity index (χ4v) is 1.88. The molecule has 17 heavy (non-hydrogen) atoms. The summed E-state index contributed by atoms with van der Waals surface area (Å²) in [5, 5.41) is 0. The van der Waals surface area contributed by atoms with Gasteiger partial charge in [0.2, 0.25) is 0 Å². The Morgan fingerprint density at radius 3 is 2.00 bits per heavy atom. The van der Waals surface area contributed by atoms with Crippen molar-refractivity contribution in [2.24, 2.45) is 0 Å². The molecule has 0 aliphatic heterocycles. The molecule has 0 bridgehead atoms. The van der Waals surface area contributed by atoms with E-state index in [1.165, 1.54) is 51.2 Å². The molecule has 4 heteroatoms. The molecule has 0 aromatic heterocycles. The van der Waals surface area contributed by atoms with Crippen molar-refractivity contribution in [3.8, 4) is 0 Å². The average Bonchev–Trinajstić information content (AvgIpc) is 2.24. The highest BCUT2D eigenvalue weighted by Gasteiger charge is 1.95. The van der Waals surface area contributed by atoms with Gasteiger partial charge in [0.1, 0.15) is 6.26 Å². The van der Waals surface area contributed by atoms with Crippen LogP contribution in [-0.4, -0.2) is 14.7 Å². The van der Waals surface area contributed by atoms with Gasteiger partial charge in [0.05, 0.1) is 6.26 Å². The monoisotopic (exact) mass is 262 g/mol. The predicted molar refractivity (Wildman–Crippen MR) is 72.3 cm³/mol. The summed E-state index contributed by atoms with van der Waals surface area (Å²) in [6.45, 7) is 2.23. The smallest absolute Gasteiger partial charge is 0.305 e. The third kappa shape index (κ3) is 15.5. The van der Waals surface area contributed by atoms with Crippen LogP contribution in [0.1, 0.15) is 64.7 Å². The summed E-state index contributed by atoms with van der Waals surface area (Å²) in [5.41, 5.74) is 0. The van der Waals surface area contributed by atoms with Crippen LogP contribution in [-0.2, 0) is 14.3 Å². The fraction of sp³-hybridized carbons (Fsp3) is 0.846. The maximum atomic E-state index is 10.6. The van der Waals surface area contributed by atoms with Gasteiger partial charge in [-0.2, -0.15) is 8.42 Å². The molecule has 0 rings (SSSR count). The SMILES string of the molecule is CCCCCCCCCCC=COS(C)(=O)=O. The molecule has 0 aromatic carbocycles. The summed E-state index contributed by atoms with van der Waals surface area (Å²) < 4.78 is 25.7. The third-order valence-corrected chi connectivity index (χ3v) is 3.01. The second-order valence-electron chi connectivity index (χ2n) is 4.44. The predicted octanol–water partition coefficient (Wildman–Crippen LogP) is 4.01. The zero-order valence-corrected chi connectivity index (χ0v) is 12.0. The van der Waals surface area contributed by atoms with E-state index in [0.29, 0.717) is 0 Å². The van der Waals surface area contributed by atoms with Crippen molar-refractivity contribution < 1.29 is 12.6 Å². The van der Waals surface area contributed by atoms with E-state index in [1.807, 2.05) is 0 Å². The zero-order valence-electron chi connectivity index (χ0n) is 11.2. The third-order valence-electron chi connectivity index (χ3n) is 2.55. The molecule has 0 unspecified atom stereocenters. The van der Waals surface area contributed by atoms with Gasteiger partial charge in [0.15, 0.2) is 0 Å². The van der Waals surface area contributed by atoms with E-state index in [-0.39, 0.29) is 0 Å². The van der Waals surface area contributed by atoms with Gasteiger partial charge in [0.25, 0.3) is 0 Å². The van der Waals surface area contributed by atoms with E-state index in [4.69, 9.17) is 0 Å². The van der Waals surface area contributed by atoms with Crippen LogP contribution in [0.5, 0.6) is 0 Å². The van der Waals surface area contributed by atoms with Gasteiger partial charge in [-0.05, 0) is 18.9 Å². The molecular weight excluding hydrogens is 236 g/mol. The summed E-state index contributed by atoms with van der Waals surface area (Å²) in [5.74, 6) is 0. The van der Waals surface area contributed by atoms with Crippen LogP contribution in [0.3, 0.4) is 0 Å². The van der Waals surface area contributed by atoms with Crippen molar-refractivity contribution in [2.75, 3.05) is 6.26 Å². The molecule has 0 aliphatic rings. The Morgan fingerprint density at radius 1 is 0.941 bits per heavy atom. The molecule has 102 valence electrons. The largest absolute Gasteiger partial charge is 0.391 e. The molecule has 0 amide bonds. The highest BCUT2D eigenvalue weighted by molar-refractivity contribution is 7.86. The molecular formula is C13H26O3S. The molecule has 0 aromatic rings. The molecule has 0 heterocycles. The summed E-state index contributed by atoms with van der Waals surface area (Å²) in [6, 6.07) is 0. The molecule has 0 radical (unpaired) electrons. The van der Waals surface area contributed by atoms with Crippen molar-refractivity contribution in [2.45, 2.75) is 64.7 Å². The van der Waals surface area contributed by atoms with Crippen LogP contribution in [0.15, 0.2) is 12.3 Å². The van der Waals surface area contributed by atoms with Crippen LogP contribution >= 0.6 is 0 Å². The lowest BCUT2D eigenvalue weighted by atomic mass is 10.1. The van der Waals surface area contributed by atoms with E-state index >= 15 is 0 Å². The van der Waals surface area contributed by atoms with Crippen LogP contribution in [0.2, 0.25) is 0 Å². The van der Waals surface area contributed by atoms with Crippen molar-refractivity contribution in [3.05, 3.63) is 12.3 Å². The van der Waals surface area contributed by atoms with Gasteiger partial charge >= 0.3 is 10.1 Å². The summed E-state index contributed by atoms with van der Waals surface area (Å²) in [6.07, 6.45) is 15.3. The standard InChI is InChI=1S/C13H26O3S/c1-3-4-5-6-7-8-9-10-11-12-13-16-17(2,14)15/h12-13H,3-11H2,1-2H3. The first-order valence-electron chi connectivity index (χ1n) is 6.59. The lowest BCUT2D eigenvalue weighted by Crippen LogP contribution is -1.95. The lowest BCUT2D eigenvalue weighted by Gasteiger charge is -1.99. The van der Waals surface area contributed by atoms with E-state index in [9.17, 15) is 8.42 Å². The van der Waals surface area contributed by atoms with Gasteiger partial charge in [-0.15, -0.1) is 0 Å². The number of rotatable bonds is 11. The van der Waals surface area contributed by atoms with Gasteiger partial charge in [-0.25, -0.2) is 0 Å². The van der Waals surface area contributed by atoms with Crippen LogP contribution in [0.4, 0.5) is 0 Å². The second kappa shape index (κ2) is 10.6. The molecule has 0 aliphatic carbocycles.